The number of hydrogen-bond acceptors (Lipinski definition) is 4. The molecule has 3 aromatic rings. The molecule has 2 N–H and O–H groups in total. The molecule has 1 aliphatic rings. The molecule has 6 heteroatoms. The number of amides is 2. The summed E-state index contributed by atoms with van der Waals surface area (Å²) in [5.74, 6) is 0.0784. The van der Waals surface area contributed by atoms with Crippen molar-refractivity contribution >= 4 is 28.4 Å². The average Bonchev–Trinajstić information content (AvgIpc) is 2.67. The number of carbonyl (C=O) groups is 2. The summed E-state index contributed by atoms with van der Waals surface area (Å²) in [6.07, 6.45) is 6.42. The number of nitrogens with one attached hydrogen (secondary N) is 2. The number of carbonyl (C=O) groups excluding carboxylic acids is 2. The smallest absolute Gasteiger partial charge is 0.273 e. The van der Waals surface area contributed by atoms with E-state index < -0.39 is 0 Å². The number of aromatic nitrogens is 2. The Kier molecular flexibility index (Phi) is 5.02. The van der Waals surface area contributed by atoms with Crippen molar-refractivity contribution in [2.45, 2.75) is 26.2 Å². The molecule has 0 atom stereocenters. The van der Waals surface area contributed by atoms with Gasteiger partial charge in [-0.25, -0.2) is 9.97 Å². The van der Waals surface area contributed by atoms with Crippen molar-refractivity contribution in [1.82, 2.24) is 15.3 Å². The van der Waals surface area contributed by atoms with E-state index >= 15 is 0 Å². The summed E-state index contributed by atoms with van der Waals surface area (Å²) in [7, 11) is 0. The van der Waals surface area contributed by atoms with Gasteiger partial charge in [0.05, 0.1) is 0 Å². The minimum absolute atomic E-state index is 0.131. The maximum Gasteiger partial charge on any atom is 0.273 e. The van der Waals surface area contributed by atoms with Crippen LogP contribution in [0.15, 0.2) is 48.8 Å². The Bertz CT molecular complexity index is 1040. The van der Waals surface area contributed by atoms with Crippen molar-refractivity contribution in [2.24, 2.45) is 5.92 Å². The SMILES string of the molecule is Cc1ccc(C(=O)Nc2nccnc2C(=O)NCC2CCC2)c2ccccc12. The number of rotatable bonds is 5. The van der Waals surface area contributed by atoms with E-state index in [1.54, 1.807) is 6.07 Å². The Balaban J connectivity index is 1.57. The molecule has 0 spiro atoms. The Morgan fingerprint density at radius 1 is 1.00 bits per heavy atom. The van der Waals surface area contributed by atoms with Gasteiger partial charge >= 0.3 is 0 Å². The highest BCUT2D eigenvalue weighted by molar-refractivity contribution is 6.14. The van der Waals surface area contributed by atoms with Gasteiger partial charge < -0.3 is 10.6 Å². The first-order chi connectivity index (χ1) is 13.6. The second-order valence-corrected chi connectivity index (χ2v) is 7.19. The van der Waals surface area contributed by atoms with E-state index in [-0.39, 0.29) is 23.3 Å². The summed E-state index contributed by atoms with van der Waals surface area (Å²) in [5.41, 5.74) is 1.77. The molecule has 1 aliphatic carbocycles. The van der Waals surface area contributed by atoms with Crippen molar-refractivity contribution in [3.8, 4) is 0 Å². The van der Waals surface area contributed by atoms with Crippen molar-refractivity contribution in [3.63, 3.8) is 0 Å². The van der Waals surface area contributed by atoms with Crippen LogP contribution >= 0.6 is 0 Å². The number of hydrogen-bond donors (Lipinski definition) is 2. The van der Waals surface area contributed by atoms with Crippen molar-refractivity contribution < 1.29 is 9.59 Å². The lowest BCUT2D eigenvalue weighted by atomic mass is 9.85. The van der Waals surface area contributed by atoms with E-state index in [2.05, 4.69) is 20.6 Å². The number of nitrogens with zero attached hydrogens (tertiary/aromatic N) is 2. The quantitative estimate of drug-likeness (QED) is 0.713. The molecule has 1 heterocycles. The highest BCUT2D eigenvalue weighted by Crippen LogP contribution is 2.26. The van der Waals surface area contributed by atoms with E-state index in [4.69, 9.17) is 0 Å². The number of aryl methyl sites for hydroxylation is 1. The normalized spacial score (nSPS) is 13.8. The largest absolute Gasteiger partial charge is 0.350 e. The fourth-order valence-electron chi connectivity index (χ4n) is 3.44. The van der Waals surface area contributed by atoms with Crippen molar-refractivity contribution in [2.75, 3.05) is 11.9 Å². The van der Waals surface area contributed by atoms with Gasteiger partial charge in [0.2, 0.25) is 0 Å². The third-order valence-electron chi connectivity index (χ3n) is 5.31. The van der Waals surface area contributed by atoms with Crippen LogP contribution in [0.1, 0.15) is 45.7 Å². The fourth-order valence-corrected chi connectivity index (χ4v) is 3.44. The van der Waals surface area contributed by atoms with Crippen LogP contribution in [0.5, 0.6) is 0 Å². The number of fused-ring (bicyclic) bond motifs is 1. The van der Waals surface area contributed by atoms with Crippen LogP contribution in [0.25, 0.3) is 10.8 Å². The van der Waals surface area contributed by atoms with Crippen LogP contribution < -0.4 is 10.6 Å². The minimum atomic E-state index is -0.316. The Morgan fingerprint density at radius 2 is 1.75 bits per heavy atom. The third-order valence-corrected chi connectivity index (χ3v) is 5.31. The summed E-state index contributed by atoms with van der Waals surface area (Å²) in [4.78, 5) is 33.7. The van der Waals surface area contributed by atoms with Gasteiger partial charge in [0.15, 0.2) is 11.5 Å². The third kappa shape index (κ3) is 3.58. The lowest BCUT2D eigenvalue weighted by Crippen LogP contribution is -2.33. The van der Waals surface area contributed by atoms with Gasteiger partial charge in [-0.1, -0.05) is 36.8 Å². The van der Waals surface area contributed by atoms with Crippen LogP contribution in [-0.2, 0) is 0 Å². The molecule has 28 heavy (non-hydrogen) atoms. The maximum absolute atomic E-state index is 12.9. The van der Waals surface area contributed by atoms with Crippen LogP contribution in [0, 0.1) is 12.8 Å². The summed E-state index contributed by atoms with van der Waals surface area (Å²) in [5, 5.41) is 7.54. The van der Waals surface area contributed by atoms with Gasteiger partial charge in [0, 0.05) is 24.5 Å². The molecular formula is C22H22N4O2. The van der Waals surface area contributed by atoms with Gasteiger partial charge in [-0.3, -0.25) is 9.59 Å². The van der Waals surface area contributed by atoms with Crippen molar-refractivity contribution in [3.05, 3.63) is 65.6 Å². The lowest BCUT2D eigenvalue weighted by molar-refractivity contribution is 0.0934. The minimum Gasteiger partial charge on any atom is -0.350 e. The molecular weight excluding hydrogens is 352 g/mol. The monoisotopic (exact) mass is 374 g/mol. The number of anilines is 1. The molecule has 0 unspecified atom stereocenters. The van der Waals surface area contributed by atoms with Crippen LogP contribution in [0.3, 0.4) is 0 Å². The van der Waals surface area contributed by atoms with Crippen LogP contribution in [0.2, 0.25) is 0 Å². The van der Waals surface area contributed by atoms with E-state index in [9.17, 15) is 9.59 Å². The molecule has 0 saturated heterocycles. The Morgan fingerprint density at radius 3 is 2.50 bits per heavy atom. The zero-order chi connectivity index (χ0) is 19.5. The average molecular weight is 374 g/mol. The van der Waals surface area contributed by atoms with E-state index in [1.165, 1.54) is 18.8 Å². The zero-order valence-corrected chi connectivity index (χ0v) is 15.7. The predicted octanol–water partition coefficient (Wildman–Crippen LogP) is 3.72. The first kappa shape index (κ1) is 18.1. The van der Waals surface area contributed by atoms with E-state index in [0.29, 0.717) is 18.0 Å². The van der Waals surface area contributed by atoms with Crippen LogP contribution in [-0.4, -0.2) is 28.3 Å². The first-order valence-electron chi connectivity index (χ1n) is 9.52. The molecule has 1 fully saturated rings. The highest BCUT2D eigenvalue weighted by Gasteiger charge is 2.21. The second-order valence-electron chi connectivity index (χ2n) is 7.19. The molecule has 0 bridgehead atoms. The predicted molar refractivity (Wildman–Crippen MR) is 108 cm³/mol. The lowest BCUT2D eigenvalue weighted by Gasteiger charge is -2.25. The molecule has 142 valence electrons. The molecule has 0 radical (unpaired) electrons. The molecule has 2 amide bonds. The van der Waals surface area contributed by atoms with Crippen LogP contribution in [0.4, 0.5) is 5.82 Å². The molecule has 6 nitrogen and oxygen atoms in total. The molecule has 2 aromatic carbocycles. The van der Waals surface area contributed by atoms with Gasteiger partial charge in [-0.05, 0) is 48.1 Å². The molecule has 0 aliphatic heterocycles. The number of benzene rings is 2. The first-order valence-corrected chi connectivity index (χ1v) is 9.52. The van der Waals surface area contributed by atoms with Gasteiger partial charge in [-0.15, -0.1) is 0 Å². The van der Waals surface area contributed by atoms with Gasteiger partial charge in [0.25, 0.3) is 11.8 Å². The maximum atomic E-state index is 12.9. The van der Waals surface area contributed by atoms with Gasteiger partial charge in [-0.2, -0.15) is 0 Å². The van der Waals surface area contributed by atoms with Crippen molar-refractivity contribution in [1.29, 1.82) is 0 Å². The zero-order valence-electron chi connectivity index (χ0n) is 15.7. The Labute approximate surface area is 163 Å². The molecule has 1 saturated carbocycles. The summed E-state index contributed by atoms with van der Waals surface area (Å²) < 4.78 is 0. The second kappa shape index (κ2) is 7.76. The van der Waals surface area contributed by atoms with E-state index in [1.807, 2.05) is 37.3 Å². The summed E-state index contributed by atoms with van der Waals surface area (Å²) in [6, 6.07) is 11.5. The van der Waals surface area contributed by atoms with Gasteiger partial charge in [0.1, 0.15) is 0 Å². The fraction of sp³-hybridized carbons (Fsp3) is 0.273. The summed E-state index contributed by atoms with van der Waals surface area (Å²) in [6.45, 7) is 2.64. The topological polar surface area (TPSA) is 84.0 Å². The Hall–Kier alpha value is -3.28. The molecule has 1 aromatic heterocycles. The van der Waals surface area contributed by atoms with E-state index in [0.717, 1.165) is 29.2 Å². The summed E-state index contributed by atoms with van der Waals surface area (Å²) >= 11 is 0. The standard InChI is InChI=1S/C22H22N4O2/c1-14-9-10-18(17-8-3-2-7-16(14)17)21(27)26-20-19(23-11-12-24-20)22(28)25-13-15-5-4-6-15/h2-3,7-12,15H,4-6,13H2,1H3,(H,25,28)(H,24,26,27). The molecule has 4 rings (SSSR count). The highest BCUT2D eigenvalue weighted by atomic mass is 16.2.